The molecule has 3 rings (SSSR count). The van der Waals surface area contributed by atoms with Gasteiger partial charge in [0.15, 0.2) is 0 Å². The summed E-state index contributed by atoms with van der Waals surface area (Å²) in [6.07, 6.45) is -0.616. The number of urea groups is 1. The third-order valence-corrected chi connectivity index (χ3v) is 6.79. The van der Waals surface area contributed by atoms with Crippen LogP contribution in [-0.2, 0) is 14.8 Å². The van der Waals surface area contributed by atoms with Crippen LogP contribution in [0.5, 0.6) is 0 Å². The normalized spacial score (nSPS) is 16.4. The van der Waals surface area contributed by atoms with E-state index in [9.17, 15) is 18.0 Å². The van der Waals surface area contributed by atoms with Gasteiger partial charge in [-0.15, -0.1) is 0 Å². The molecule has 29 heavy (non-hydrogen) atoms. The summed E-state index contributed by atoms with van der Waals surface area (Å²) in [5.74, 6) is 0. The van der Waals surface area contributed by atoms with Gasteiger partial charge in [-0.05, 0) is 49.6 Å². The van der Waals surface area contributed by atoms with Crippen molar-refractivity contribution < 1.29 is 22.7 Å². The van der Waals surface area contributed by atoms with Crippen molar-refractivity contribution in [2.45, 2.75) is 31.7 Å². The molecule has 8 nitrogen and oxygen atoms in total. The van der Waals surface area contributed by atoms with Crippen molar-refractivity contribution in [3.05, 3.63) is 59.2 Å². The standard InChI is InChI=1S/C20H23N3O5S/c1-4-28-20(25)22-16-10-11-18(14(3)13(16)2)29(26,27)23-12-17(21-19(23)24)15-8-6-5-7-9-15/h5-11,17H,4,12H2,1-3H3,(H,21,24)(H,22,25)/t17-/m1/s1. The molecule has 2 aromatic carbocycles. The number of carbonyl (C=O) groups is 2. The highest BCUT2D eigenvalue weighted by atomic mass is 32.2. The number of anilines is 1. The molecule has 0 bridgehead atoms. The van der Waals surface area contributed by atoms with E-state index in [2.05, 4.69) is 10.6 Å². The second kappa shape index (κ2) is 8.12. The molecule has 1 heterocycles. The topological polar surface area (TPSA) is 105 Å². The number of nitrogens with zero attached hydrogens (tertiary/aromatic N) is 1. The molecule has 0 saturated carbocycles. The Balaban J connectivity index is 1.88. The highest BCUT2D eigenvalue weighted by Gasteiger charge is 2.39. The molecule has 9 heteroatoms. The quantitative estimate of drug-likeness (QED) is 0.776. The number of carbonyl (C=O) groups excluding carboxylic acids is 2. The molecular weight excluding hydrogens is 394 g/mol. The molecule has 1 aliphatic heterocycles. The molecule has 0 aliphatic carbocycles. The van der Waals surface area contributed by atoms with Crippen LogP contribution in [0.2, 0.25) is 0 Å². The minimum absolute atomic E-state index is 0.00644. The van der Waals surface area contributed by atoms with E-state index < -0.39 is 28.2 Å². The predicted octanol–water partition coefficient (Wildman–Crippen LogP) is 3.33. The second-order valence-corrected chi connectivity index (χ2v) is 8.49. The first kappa shape index (κ1) is 20.7. The fourth-order valence-corrected chi connectivity index (χ4v) is 4.84. The molecule has 0 spiro atoms. The lowest BCUT2D eigenvalue weighted by atomic mass is 10.1. The van der Waals surface area contributed by atoms with Gasteiger partial charge in [0.1, 0.15) is 0 Å². The van der Waals surface area contributed by atoms with Gasteiger partial charge in [0.25, 0.3) is 10.0 Å². The van der Waals surface area contributed by atoms with E-state index >= 15 is 0 Å². The fourth-order valence-electron chi connectivity index (χ4n) is 3.20. The highest BCUT2D eigenvalue weighted by molar-refractivity contribution is 7.89. The largest absolute Gasteiger partial charge is 0.450 e. The number of amides is 3. The Morgan fingerprint density at radius 1 is 1.17 bits per heavy atom. The maximum absolute atomic E-state index is 13.2. The lowest BCUT2D eigenvalue weighted by Gasteiger charge is -2.19. The predicted molar refractivity (Wildman–Crippen MR) is 108 cm³/mol. The van der Waals surface area contributed by atoms with E-state index in [-0.39, 0.29) is 18.0 Å². The average Bonchev–Trinajstić information content (AvgIpc) is 3.09. The van der Waals surface area contributed by atoms with Gasteiger partial charge in [-0.25, -0.2) is 22.3 Å². The summed E-state index contributed by atoms with van der Waals surface area (Å²) in [4.78, 5) is 24.1. The van der Waals surface area contributed by atoms with E-state index in [1.54, 1.807) is 20.8 Å². The molecule has 0 radical (unpaired) electrons. The summed E-state index contributed by atoms with van der Waals surface area (Å²) in [7, 11) is -4.06. The molecule has 1 atom stereocenters. The minimum Gasteiger partial charge on any atom is -0.450 e. The Hall–Kier alpha value is -3.07. The molecule has 0 unspecified atom stereocenters. The van der Waals surface area contributed by atoms with Crippen LogP contribution in [0.25, 0.3) is 0 Å². The van der Waals surface area contributed by atoms with Crippen LogP contribution in [0.4, 0.5) is 15.3 Å². The number of sulfonamides is 1. The Kier molecular flexibility index (Phi) is 5.78. The summed E-state index contributed by atoms with van der Waals surface area (Å²) in [5, 5.41) is 5.30. The summed E-state index contributed by atoms with van der Waals surface area (Å²) in [5.41, 5.74) is 2.32. The van der Waals surface area contributed by atoms with Crippen molar-refractivity contribution in [2.75, 3.05) is 18.5 Å². The van der Waals surface area contributed by atoms with Crippen LogP contribution in [0, 0.1) is 13.8 Å². The average molecular weight is 417 g/mol. The zero-order valence-corrected chi connectivity index (χ0v) is 17.2. The van der Waals surface area contributed by atoms with Crippen LogP contribution in [0.1, 0.15) is 29.7 Å². The number of ether oxygens (including phenoxy) is 1. The molecule has 0 aromatic heterocycles. The van der Waals surface area contributed by atoms with Crippen LogP contribution in [-0.4, -0.2) is 38.0 Å². The Morgan fingerprint density at radius 2 is 1.86 bits per heavy atom. The highest BCUT2D eigenvalue weighted by Crippen LogP contribution is 2.31. The van der Waals surface area contributed by atoms with E-state index in [1.165, 1.54) is 12.1 Å². The molecule has 1 fully saturated rings. The van der Waals surface area contributed by atoms with E-state index in [0.29, 0.717) is 16.8 Å². The SMILES string of the molecule is CCOC(=O)Nc1ccc(S(=O)(=O)N2C[C@H](c3ccccc3)NC2=O)c(C)c1C. The Labute approximate surface area is 169 Å². The van der Waals surface area contributed by atoms with Crippen LogP contribution >= 0.6 is 0 Å². The maximum Gasteiger partial charge on any atom is 0.411 e. The van der Waals surface area contributed by atoms with Gasteiger partial charge in [-0.1, -0.05) is 30.3 Å². The lowest BCUT2D eigenvalue weighted by molar-refractivity contribution is 0.168. The molecule has 3 amide bonds. The molecule has 2 aromatic rings. The number of hydrogen-bond acceptors (Lipinski definition) is 5. The Bertz CT molecular complexity index is 1040. The van der Waals surface area contributed by atoms with Crippen molar-refractivity contribution >= 4 is 27.8 Å². The van der Waals surface area contributed by atoms with Gasteiger partial charge < -0.3 is 10.1 Å². The van der Waals surface area contributed by atoms with Crippen LogP contribution < -0.4 is 10.6 Å². The zero-order valence-electron chi connectivity index (χ0n) is 16.4. The van der Waals surface area contributed by atoms with Gasteiger partial charge in [-0.3, -0.25) is 5.32 Å². The number of benzene rings is 2. The third kappa shape index (κ3) is 4.04. The monoisotopic (exact) mass is 417 g/mol. The molecule has 1 saturated heterocycles. The Morgan fingerprint density at radius 3 is 2.52 bits per heavy atom. The van der Waals surface area contributed by atoms with Gasteiger partial charge in [0, 0.05) is 5.69 Å². The maximum atomic E-state index is 13.2. The van der Waals surface area contributed by atoms with Crippen molar-refractivity contribution in [2.24, 2.45) is 0 Å². The minimum atomic E-state index is -4.06. The van der Waals surface area contributed by atoms with Crippen molar-refractivity contribution in [1.82, 2.24) is 9.62 Å². The molecular formula is C20H23N3O5S. The molecule has 154 valence electrons. The van der Waals surface area contributed by atoms with E-state index in [0.717, 1.165) is 9.87 Å². The number of nitrogens with one attached hydrogen (secondary N) is 2. The second-order valence-electron chi connectivity index (χ2n) is 6.66. The van der Waals surface area contributed by atoms with Crippen molar-refractivity contribution in [3.8, 4) is 0 Å². The van der Waals surface area contributed by atoms with E-state index in [1.807, 2.05) is 30.3 Å². The molecule has 1 aliphatic rings. The fraction of sp³-hybridized carbons (Fsp3) is 0.300. The first-order valence-electron chi connectivity index (χ1n) is 9.17. The third-order valence-electron chi connectivity index (χ3n) is 4.89. The first-order chi connectivity index (χ1) is 13.8. The lowest BCUT2D eigenvalue weighted by Crippen LogP contribution is -2.34. The summed E-state index contributed by atoms with van der Waals surface area (Å²) >= 11 is 0. The smallest absolute Gasteiger partial charge is 0.411 e. The van der Waals surface area contributed by atoms with E-state index in [4.69, 9.17) is 4.74 Å². The van der Waals surface area contributed by atoms with Gasteiger partial charge >= 0.3 is 12.1 Å². The van der Waals surface area contributed by atoms with Crippen molar-refractivity contribution in [3.63, 3.8) is 0 Å². The van der Waals surface area contributed by atoms with Gasteiger partial charge in [0.2, 0.25) is 0 Å². The van der Waals surface area contributed by atoms with Crippen LogP contribution in [0.3, 0.4) is 0 Å². The first-order valence-corrected chi connectivity index (χ1v) is 10.6. The molecule has 2 N–H and O–H groups in total. The number of rotatable bonds is 5. The van der Waals surface area contributed by atoms with Crippen LogP contribution in [0.15, 0.2) is 47.4 Å². The van der Waals surface area contributed by atoms with Gasteiger partial charge in [0.05, 0.1) is 24.1 Å². The van der Waals surface area contributed by atoms with Gasteiger partial charge in [-0.2, -0.15) is 0 Å². The zero-order chi connectivity index (χ0) is 21.2. The summed E-state index contributed by atoms with van der Waals surface area (Å²) < 4.78 is 32.1. The summed E-state index contributed by atoms with van der Waals surface area (Å²) in [6, 6.07) is 11.0. The summed E-state index contributed by atoms with van der Waals surface area (Å²) in [6.45, 7) is 5.26. The number of hydrogen-bond donors (Lipinski definition) is 2. The van der Waals surface area contributed by atoms with Crippen molar-refractivity contribution in [1.29, 1.82) is 0 Å².